The van der Waals surface area contributed by atoms with Crippen molar-refractivity contribution in [1.82, 2.24) is 29.7 Å². The van der Waals surface area contributed by atoms with Crippen LogP contribution >= 0.6 is 0 Å². The Kier molecular flexibility index (Phi) is 3.94. The van der Waals surface area contributed by atoms with Gasteiger partial charge >= 0.3 is 0 Å². The van der Waals surface area contributed by atoms with E-state index >= 15 is 0 Å². The molecule has 0 aliphatic rings. The van der Waals surface area contributed by atoms with Crippen LogP contribution in [0.4, 0.5) is 5.69 Å². The number of carbonyl (C=O) groups excluding carboxylic acids is 1. The van der Waals surface area contributed by atoms with Gasteiger partial charge in [0.25, 0.3) is 5.91 Å². The van der Waals surface area contributed by atoms with Crippen molar-refractivity contribution in [3.05, 3.63) is 66.9 Å². The average molecular weight is 347 g/mol. The number of imidazole rings is 1. The molecule has 0 fully saturated rings. The van der Waals surface area contributed by atoms with Crippen molar-refractivity contribution in [1.29, 1.82) is 0 Å². The summed E-state index contributed by atoms with van der Waals surface area (Å²) in [4.78, 5) is 28.9. The van der Waals surface area contributed by atoms with Crippen LogP contribution in [0.2, 0.25) is 0 Å². The summed E-state index contributed by atoms with van der Waals surface area (Å²) in [6.45, 7) is 1.85. The van der Waals surface area contributed by atoms with Crippen molar-refractivity contribution in [2.75, 3.05) is 5.32 Å². The summed E-state index contributed by atoms with van der Waals surface area (Å²) >= 11 is 0. The van der Waals surface area contributed by atoms with Crippen LogP contribution in [0.1, 0.15) is 16.3 Å². The number of hydrogen-bond acceptors (Lipinski definition) is 7. The van der Waals surface area contributed by atoms with E-state index in [1.54, 1.807) is 41.5 Å². The zero-order valence-electron chi connectivity index (χ0n) is 13.7. The number of nitrogens with one attached hydrogen (secondary N) is 1. The molecule has 0 aliphatic heterocycles. The Labute approximate surface area is 147 Å². The Bertz CT molecular complexity index is 1040. The van der Waals surface area contributed by atoms with Gasteiger partial charge < -0.3 is 9.84 Å². The summed E-state index contributed by atoms with van der Waals surface area (Å²) in [6, 6.07) is 5.15. The molecular formula is C17H13N7O2. The summed E-state index contributed by atoms with van der Waals surface area (Å²) in [6.07, 6.45) is 9.75. The smallest absolute Gasteiger partial charge is 0.277 e. The Morgan fingerprint density at radius 2 is 2.00 bits per heavy atom. The molecule has 4 heterocycles. The number of pyridine rings is 1. The SMILES string of the molecule is Cc1nccn1-c1ncc(NC(=O)c2cc(-c3cccnc3)on2)cn1. The van der Waals surface area contributed by atoms with Crippen molar-refractivity contribution in [2.24, 2.45) is 0 Å². The van der Waals surface area contributed by atoms with Crippen molar-refractivity contribution in [3.63, 3.8) is 0 Å². The van der Waals surface area contributed by atoms with E-state index < -0.39 is 5.91 Å². The molecule has 1 N–H and O–H groups in total. The normalized spacial score (nSPS) is 10.7. The number of hydrogen-bond donors (Lipinski definition) is 1. The van der Waals surface area contributed by atoms with Crippen LogP contribution in [0.3, 0.4) is 0 Å². The maximum Gasteiger partial charge on any atom is 0.277 e. The summed E-state index contributed by atoms with van der Waals surface area (Å²) in [7, 11) is 0. The zero-order chi connectivity index (χ0) is 17.9. The van der Waals surface area contributed by atoms with E-state index in [-0.39, 0.29) is 5.69 Å². The fourth-order valence-electron chi connectivity index (χ4n) is 2.32. The van der Waals surface area contributed by atoms with E-state index in [4.69, 9.17) is 4.52 Å². The largest absolute Gasteiger partial charge is 0.355 e. The zero-order valence-corrected chi connectivity index (χ0v) is 13.7. The molecule has 0 spiro atoms. The number of nitrogens with zero attached hydrogens (tertiary/aromatic N) is 6. The van der Waals surface area contributed by atoms with Gasteiger partial charge in [-0.15, -0.1) is 0 Å². The van der Waals surface area contributed by atoms with Crippen molar-refractivity contribution in [2.45, 2.75) is 6.92 Å². The Morgan fingerprint density at radius 3 is 2.69 bits per heavy atom. The molecule has 9 heteroatoms. The fraction of sp³-hybridized carbons (Fsp3) is 0.0588. The minimum absolute atomic E-state index is 0.151. The molecule has 1 amide bonds. The van der Waals surface area contributed by atoms with Crippen molar-refractivity contribution < 1.29 is 9.32 Å². The van der Waals surface area contributed by atoms with Crippen LogP contribution in [-0.4, -0.2) is 35.6 Å². The molecule has 4 aromatic rings. The molecule has 0 saturated carbocycles. The minimum Gasteiger partial charge on any atom is -0.355 e. The molecule has 0 atom stereocenters. The number of anilines is 1. The van der Waals surface area contributed by atoms with E-state index in [9.17, 15) is 4.79 Å². The van der Waals surface area contributed by atoms with Gasteiger partial charge in [0, 0.05) is 36.4 Å². The Hall–Kier alpha value is -3.88. The predicted octanol–water partition coefficient (Wildman–Crippen LogP) is 2.27. The monoisotopic (exact) mass is 347 g/mol. The average Bonchev–Trinajstić information content (AvgIpc) is 3.32. The maximum atomic E-state index is 12.3. The lowest BCUT2D eigenvalue weighted by atomic mass is 10.2. The van der Waals surface area contributed by atoms with Gasteiger partial charge in [0.2, 0.25) is 5.95 Å². The lowest BCUT2D eigenvalue weighted by Gasteiger charge is -2.05. The van der Waals surface area contributed by atoms with Crippen LogP contribution in [0.5, 0.6) is 0 Å². The highest BCUT2D eigenvalue weighted by Gasteiger charge is 2.14. The first-order valence-corrected chi connectivity index (χ1v) is 7.71. The van der Waals surface area contributed by atoms with Gasteiger partial charge in [0.05, 0.1) is 18.1 Å². The maximum absolute atomic E-state index is 12.3. The van der Waals surface area contributed by atoms with Crippen LogP contribution in [0.25, 0.3) is 17.3 Å². The molecule has 4 aromatic heterocycles. The predicted molar refractivity (Wildman–Crippen MR) is 91.6 cm³/mol. The molecule has 0 bridgehead atoms. The lowest BCUT2D eigenvalue weighted by Crippen LogP contribution is -2.13. The first kappa shape index (κ1) is 15.6. The quantitative estimate of drug-likeness (QED) is 0.602. The van der Waals surface area contributed by atoms with Gasteiger partial charge in [-0.05, 0) is 19.1 Å². The van der Waals surface area contributed by atoms with Crippen LogP contribution in [-0.2, 0) is 0 Å². The number of carbonyl (C=O) groups is 1. The molecule has 0 saturated heterocycles. The summed E-state index contributed by atoms with van der Waals surface area (Å²) in [5.74, 6) is 1.29. The topological polar surface area (TPSA) is 112 Å². The van der Waals surface area contributed by atoms with E-state index in [1.807, 2.05) is 13.0 Å². The van der Waals surface area contributed by atoms with Gasteiger partial charge in [-0.25, -0.2) is 15.0 Å². The number of aryl methyl sites for hydroxylation is 1. The number of rotatable bonds is 4. The standard InChI is InChI=1S/C17H13N7O2/c1-11-19-5-6-24(11)17-20-9-13(10-21-17)22-16(25)14-7-15(26-23-14)12-3-2-4-18-8-12/h2-10H,1H3,(H,22,25). The third kappa shape index (κ3) is 3.05. The third-order valence-corrected chi connectivity index (χ3v) is 3.63. The molecule has 128 valence electrons. The molecule has 9 nitrogen and oxygen atoms in total. The van der Waals surface area contributed by atoms with Gasteiger partial charge in [0.15, 0.2) is 11.5 Å². The van der Waals surface area contributed by atoms with Gasteiger partial charge in [-0.1, -0.05) is 5.16 Å². The molecule has 0 unspecified atom stereocenters. The van der Waals surface area contributed by atoms with E-state index in [1.165, 1.54) is 12.4 Å². The second kappa shape index (κ2) is 6.55. The first-order valence-electron chi connectivity index (χ1n) is 7.71. The molecule has 0 aromatic carbocycles. The Morgan fingerprint density at radius 1 is 1.15 bits per heavy atom. The van der Waals surface area contributed by atoms with E-state index in [0.717, 1.165) is 11.4 Å². The summed E-state index contributed by atoms with van der Waals surface area (Å²) in [5.41, 5.74) is 1.34. The molecule has 4 rings (SSSR count). The van der Waals surface area contributed by atoms with Gasteiger partial charge in [-0.3, -0.25) is 14.3 Å². The van der Waals surface area contributed by atoms with Gasteiger partial charge in [0.1, 0.15) is 5.82 Å². The number of amides is 1. The highest BCUT2D eigenvalue weighted by molar-refractivity contribution is 6.03. The third-order valence-electron chi connectivity index (χ3n) is 3.63. The van der Waals surface area contributed by atoms with Gasteiger partial charge in [-0.2, -0.15) is 0 Å². The first-order chi connectivity index (χ1) is 12.7. The highest BCUT2D eigenvalue weighted by atomic mass is 16.5. The highest BCUT2D eigenvalue weighted by Crippen LogP contribution is 2.19. The van der Waals surface area contributed by atoms with Crippen LogP contribution in [0.15, 0.2) is 59.9 Å². The molecule has 26 heavy (non-hydrogen) atoms. The second-order valence-corrected chi connectivity index (χ2v) is 5.39. The summed E-state index contributed by atoms with van der Waals surface area (Å²) in [5, 5.41) is 6.47. The number of aromatic nitrogens is 6. The fourth-order valence-corrected chi connectivity index (χ4v) is 2.32. The Balaban J connectivity index is 1.48. The van der Waals surface area contributed by atoms with Crippen LogP contribution < -0.4 is 5.32 Å². The van der Waals surface area contributed by atoms with E-state index in [0.29, 0.717) is 17.4 Å². The van der Waals surface area contributed by atoms with Crippen LogP contribution in [0, 0.1) is 6.92 Å². The summed E-state index contributed by atoms with van der Waals surface area (Å²) < 4.78 is 6.94. The van der Waals surface area contributed by atoms with Crippen molar-refractivity contribution in [3.8, 4) is 17.3 Å². The van der Waals surface area contributed by atoms with Crippen molar-refractivity contribution >= 4 is 11.6 Å². The minimum atomic E-state index is -0.418. The molecule has 0 aliphatic carbocycles. The molecular weight excluding hydrogens is 334 g/mol. The van der Waals surface area contributed by atoms with E-state index in [2.05, 4.69) is 30.4 Å². The second-order valence-electron chi connectivity index (χ2n) is 5.39. The molecule has 0 radical (unpaired) electrons. The lowest BCUT2D eigenvalue weighted by molar-refractivity contribution is 0.101.